The maximum Gasteiger partial charge on any atom is 0.279 e. The highest BCUT2D eigenvalue weighted by molar-refractivity contribution is 7.87. The van der Waals surface area contributed by atoms with Crippen LogP contribution in [-0.2, 0) is 10.2 Å². The molecule has 102 valence electrons. The molecule has 1 aliphatic carbocycles. The molecule has 0 unspecified atom stereocenters. The molecule has 1 aliphatic rings. The van der Waals surface area contributed by atoms with E-state index in [-0.39, 0.29) is 6.04 Å². The van der Waals surface area contributed by atoms with Gasteiger partial charge in [-0.1, -0.05) is 26.2 Å². The average molecular weight is 263 g/mol. The van der Waals surface area contributed by atoms with E-state index < -0.39 is 10.2 Å². The summed E-state index contributed by atoms with van der Waals surface area (Å²) in [6.45, 7) is 3.99. The van der Waals surface area contributed by atoms with Crippen LogP contribution >= 0.6 is 0 Å². The van der Waals surface area contributed by atoms with Gasteiger partial charge in [0.25, 0.3) is 10.2 Å². The second-order valence-electron chi connectivity index (χ2n) is 4.56. The third-order valence-corrected chi connectivity index (χ3v) is 4.93. The SMILES string of the molecule is CCNCCNS(=O)(=O)N(C)C1CCCCC1. The van der Waals surface area contributed by atoms with Crippen molar-refractivity contribution < 1.29 is 8.42 Å². The van der Waals surface area contributed by atoms with E-state index in [0.29, 0.717) is 13.1 Å². The van der Waals surface area contributed by atoms with Crippen LogP contribution in [0.4, 0.5) is 0 Å². The first kappa shape index (κ1) is 14.9. The Balaban J connectivity index is 2.39. The van der Waals surface area contributed by atoms with Crippen molar-refractivity contribution in [1.29, 1.82) is 0 Å². The van der Waals surface area contributed by atoms with Crippen molar-refractivity contribution in [3.8, 4) is 0 Å². The molecule has 0 atom stereocenters. The highest BCUT2D eigenvalue weighted by Gasteiger charge is 2.26. The fraction of sp³-hybridized carbons (Fsp3) is 1.00. The van der Waals surface area contributed by atoms with Gasteiger partial charge in [-0.2, -0.15) is 12.7 Å². The van der Waals surface area contributed by atoms with Gasteiger partial charge in [-0.3, -0.25) is 0 Å². The summed E-state index contributed by atoms with van der Waals surface area (Å²) in [6, 6.07) is 0.181. The van der Waals surface area contributed by atoms with E-state index in [1.165, 1.54) is 10.7 Å². The number of hydrogen-bond acceptors (Lipinski definition) is 3. The maximum absolute atomic E-state index is 12.0. The normalized spacial score (nSPS) is 18.8. The van der Waals surface area contributed by atoms with E-state index in [9.17, 15) is 8.42 Å². The van der Waals surface area contributed by atoms with Gasteiger partial charge < -0.3 is 5.32 Å². The average Bonchev–Trinajstić information content (AvgIpc) is 2.35. The van der Waals surface area contributed by atoms with Crippen LogP contribution in [0.15, 0.2) is 0 Å². The first-order valence-electron chi connectivity index (χ1n) is 6.51. The zero-order valence-electron chi connectivity index (χ0n) is 10.9. The van der Waals surface area contributed by atoms with Crippen LogP contribution in [0.25, 0.3) is 0 Å². The van der Waals surface area contributed by atoms with Gasteiger partial charge in [0, 0.05) is 26.2 Å². The van der Waals surface area contributed by atoms with Gasteiger partial charge in [0.1, 0.15) is 0 Å². The van der Waals surface area contributed by atoms with E-state index >= 15 is 0 Å². The van der Waals surface area contributed by atoms with Crippen LogP contribution in [0.3, 0.4) is 0 Å². The first-order valence-corrected chi connectivity index (χ1v) is 7.95. The molecule has 5 nitrogen and oxygen atoms in total. The zero-order chi connectivity index (χ0) is 12.7. The van der Waals surface area contributed by atoms with Crippen LogP contribution in [0.1, 0.15) is 39.0 Å². The van der Waals surface area contributed by atoms with Crippen LogP contribution in [-0.4, -0.2) is 45.4 Å². The Bertz CT molecular complexity index is 300. The lowest BCUT2D eigenvalue weighted by atomic mass is 9.96. The quantitative estimate of drug-likeness (QED) is 0.665. The van der Waals surface area contributed by atoms with Gasteiger partial charge in [-0.15, -0.1) is 0 Å². The van der Waals surface area contributed by atoms with Crippen molar-refractivity contribution in [2.45, 2.75) is 45.1 Å². The van der Waals surface area contributed by atoms with Gasteiger partial charge in [0.05, 0.1) is 0 Å². The Morgan fingerprint density at radius 3 is 2.41 bits per heavy atom. The molecule has 2 N–H and O–H groups in total. The summed E-state index contributed by atoms with van der Waals surface area (Å²) in [5.41, 5.74) is 0. The fourth-order valence-electron chi connectivity index (χ4n) is 2.19. The number of likely N-dealkylation sites (N-methyl/N-ethyl adjacent to an activating group) is 1. The lowest BCUT2D eigenvalue weighted by Gasteiger charge is -2.30. The molecule has 0 aromatic rings. The number of nitrogens with one attached hydrogen (secondary N) is 2. The molecule has 1 rings (SSSR count). The molecule has 0 aliphatic heterocycles. The summed E-state index contributed by atoms with van der Waals surface area (Å²) in [5, 5.41) is 3.09. The molecule has 6 heteroatoms. The number of rotatable bonds is 7. The van der Waals surface area contributed by atoms with E-state index in [1.54, 1.807) is 7.05 Å². The fourth-order valence-corrected chi connectivity index (χ4v) is 3.35. The van der Waals surface area contributed by atoms with Gasteiger partial charge in [0.15, 0.2) is 0 Å². The second kappa shape index (κ2) is 7.31. The van der Waals surface area contributed by atoms with Gasteiger partial charge in [-0.25, -0.2) is 4.72 Å². The molecular weight excluding hydrogens is 238 g/mol. The van der Waals surface area contributed by atoms with Gasteiger partial charge >= 0.3 is 0 Å². The van der Waals surface area contributed by atoms with Crippen LogP contribution in [0.2, 0.25) is 0 Å². The monoisotopic (exact) mass is 263 g/mol. The van der Waals surface area contributed by atoms with Crippen LogP contribution < -0.4 is 10.0 Å². The maximum atomic E-state index is 12.0. The standard InChI is InChI=1S/C11H25N3O2S/c1-3-12-9-10-13-17(15,16)14(2)11-7-5-4-6-8-11/h11-13H,3-10H2,1-2H3. The molecule has 0 radical (unpaired) electrons. The smallest absolute Gasteiger partial charge is 0.279 e. The zero-order valence-corrected chi connectivity index (χ0v) is 11.7. The van der Waals surface area contributed by atoms with Crippen molar-refractivity contribution >= 4 is 10.2 Å². The Kier molecular flexibility index (Phi) is 6.40. The third kappa shape index (κ3) is 4.91. The molecule has 0 saturated heterocycles. The van der Waals surface area contributed by atoms with Crippen LogP contribution in [0.5, 0.6) is 0 Å². The highest BCUT2D eigenvalue weighted by Crippen LogP contribution is 2.22. The number of nitrogens with zero attached hydrogens (tertiary/aromatic N) is 1. The van der Waals surface area contributed by atoms with E-state index in [4.69, 9.17) is 0 Å². The van der Waals surface area contributed by atoms with Crippen molar-refractivity contribution in [3.05, 3.63) is 0 Å². The summed E-state index contributed by atoms with van der Waals surface area (Å²) in [5.74, 6) is 0. The molecule has 1 saturated carbocycles. The molecule has 17 heavy (non-hydrogen) atoms. The highest BCUT2D eigenvalue weighted by atomic mass is 32.2. The topological polar surface area (TPSA) is 61.4 Å². The van der Waals surface area contributed by atoms with E-state index in [0.717, 1.165) is 32.2 Å². The second-order valence-corrected chi connectivity index (χ2v) is 6.38. The van der Waals surface area contributed by atoms with E-state index in [2.05, 4.69) is 10.0 Å². The molecule has 0 amide bonds. The lowest BCUT2D eigenvalue weighted by Crippen LogP contribution is -2.46. The van der Waals surface area contributed by atoms with E-state index in [1.807, 2.05) is 6.92 Å². The Morgan fingerprint density at radius 1 is 1.18 bits per heavy atom. The Labute approximate surface area is 105 Å². The molecular formula is C11H25N3O2S. The summed E-state index contributed by atoms with van der Waals surface area (Å²) in [7, 11) is -1.61. The minimum atomic E-state index is -3.30. The first-order chi connectivity index (χ1) is 8.08. The van der Waals surface area contributed by atoms with Crippen molar-refractivity contribution in [3.63, 3.8) is 0 Å². The van der Waals surface area contributed by atoms with Crippen LogP contribution in [0, 0.1) is 0 Å². The predicted octanol–water partition coefficient (Wildman–Crippen LogP) is 0.695. The lowest BCUT2D eigenvalue weighted by molar-refractivity contribution is 0.283. The largest absolute Gasteiger partial charge is 0.316 e. The molecule has 0 aromatic carbocycles. The van der Waals surface area contributed by atoms with Crippen molar-refractivity contribution in [2.24, 2.45) is 0 Å². The van der Waals surface area contributed by atoms with Gasteiger partial charge in [0.2, 0.25) is 0 Å². The summed E-state index contributed by atoms with van der Waals surface area (Å²) >= 11 is 0. The minimum absolute atomic E-state index is 0.181. The third-order valence-electron chi connectivity index (χ3n) is 3.30. The minimum Gasteiger partial charge on any atom is -0.316 e. The Morgan fingerprint density at radius 2 is 1.82 bits per heavy atom. The molecule has 0 heterocycles. The summed E-state index contributed by atoms with van der Waals surface area (Å²) in [6.07, 6.45) is 5.50. The molecule has 0 spiro atoms. The Hall–Kier alpha value is -0.170. The van der Waals surface area contributed by atoms with Crippen molar-refractivity contribution in [1.82, 2.24) is 14.3 Å². The van der Waals surface area contributed by atoms with Gasteiger partial charge in [-0.05, 0) is 19.4 Å². The predicted molar refractivity (Wildman–Crippen MR) is 70.1 cm³/mol. The molecule has 1 fully saturated rings. The summed E-state index contributed by atoms with van der Waals surface area (Å²) in [4.78, 5) is 0. The molecule has 0 aromatic heterocycles. The summed E-state index contributed by atoms with van der Waals surface area (Å²) < 4.78 is 28.1. The van der Waals surface area contributed by atoms with Crippen molar-refractivity contribution in [2.75, 3.05) is 26.7 Å². The number of hydrogen-bond donors (Lipinski definition) is 2. The molecule has 0 bridgehead atoms.